The van der Waals surface area contributed by atoms with Gasteiger partial charge >= 0.3 is 0 Å². The van der Waals surface area contributed by atoms with E-state index < -0.39 is 0 Å². The van der Waals surface area contributed by atoms with E-state index in [9.17, 15) is 4.79 Å². The highest BCUT2D eigenvalue weighted by atomic mass is 35.5. The van der Waals surface area contributed by atoms with Crippen molar-refractivity contribution in [3.8, 4) is 28.3 Å². The number of benzene rings is 1. The van der Waals surface area contributed by atoms with Crippen molar-refractivity contribution in [1.82, 2.24) is 9.97 Å². The zero-order valence-corrected chi connectivity index (χ0v) is 15.1. The Morgan fingerprint density at radius 1 is 1.04 bits per heavy atom. The molecular formula is C19H14Cl2N2O2. The highest BCUT2D eigenvalue weighted by Crippen LogP contribution is 2.37. The van der Waals surface area contributed by atoms with E-state index >= 15 is 0 Å². The number of aldehydes is 1. The Hall–Kier alpha value is -2.43. The van der Waals surface area contributed by atoms with Crippen molar-refractivity contribution in [2.24, 2.45) is 0 Å². The van der Waals surface area contributed by atoms with E-state index in [-0.39, 0.29) is 5.15 Å². The number of halogens is 2. The van der Waals surface area contributed by atoms with E-state index in [2.05, 4.69) is 9.97 Å². The van der Waals surface area contributed by atoms with Gasteiger partial charge in [-0.05, 0) is 36.2 Å². The van der Waals surface area contributed by atoms with Crippen LogP contribution in [0.25, 0.3) is 22.4 Å². The molecule has 0 aliphatic heterocycles. The van der Waals surface area contributed by atoms with Crippen LogP contribution in [0.15, 0.2) is 42.6 Å². The number of nitrogens with zero attached hydrogens (tertiary/aromatic N) is 2. The summed E-state index contributed by atoms with van der Waals surface area (Å²) in [5.74, 6) is 0.294. The van der Waals surface area contributed by atoms with Gasteiger partial charge in [0, 0.05) is 17.3 Å². The Morgan fingerprint density at radius 3 is 2.52 bits per heavy atom. The van der Waals surface area contributed by atoms with E-state index in [1.807, 2.05) is 31.2 Å². The molecule has 2 aromatic heterocycles. The monoisotopic (exact) mass is 372 g/mol. The number of ether oxygens (including phenoxy) is 1. The van der Waals surface area contributed by atoms with Gasteiger partial charge in [0.25, 0.3) is 0 Å². The zero-order chi connectivity index (χ0) is 18.0. The van der Waals surface area contributed by atoms with Gasteiger partial charge in [0.15, 0.2) is 6.29 Å². The smallest absolute Gasteiger partial charge is 0.224 e. The summed E-state index contributed by atoms with van der Waals surface area (Å²) < 4.78 is 5.20. The Balaban J connectivity index is 2.17. The topological polar surface area (TPSA) is 52.1 Å². The van der Waals surface area contributed by atoms with Gasteiger partial charge < -0.3 is 4.74 Å². The molecule has 0 spiro atoms. The molecule has 0 N–H and O–H groups in total. The van der Waals surface area contributed by atoms with E-state index in [0.29, 0.717) is 22.2 Å². The number of carbonyl (C=O) groups excluding carboxylic acids is 1. The van der Waals surface area contributed by atoms with Gasteiger partial charge in [-0.2, -0.15) is 0 Å². The highest BCUT2D eigenvalue weighted by molar-refractivity contribution is 6.43. The van der Waals surface area contributed by atoms with Crippen LogP contribution in [0.3, 0.4) is 0 Å². The summed E-state index contributed by atoms with van der Waals surface area (Å²) in [7, 11) is 1.49. The van der Waals surface area contributed by atoms with E-state index in [1.165, 1.54) is 7.11 Å². The average molecular weight is 373 g/mol. The molecule has 1 aromatic carbocycles. The number of hydrogen-bond donors (Lipinski definition) is 0. The highest BCUT2D eigenvalue weighted by Gasteiger charge is 2.14. The molecule has 4 nitrogen and oxygen atoms in total. The van der Waals surface area contributed by atoms with Crippen LogP contribution in [0.5, 0.6) is 5.88 Å². The van der Waals surface area contributed by atoms with Gasteiger partial charge in [-0.3, -0.25) is 4.79 Å². The van der Waals surface area contributed by atoms with E-state index in [1.54, 1.807) is 18.3 Å². The third-order valence-electron chi connectivity index (χ3n) is 3.96. The minimum absolute atomic E-state index is 0.263. The molecule has 25 heavy (non-hydrogen) atoms. The van der Waals surface area contributed by atoms with Crippen LogP contribution in [0.1, 0.15) is 15.9 Å². The second-order valence-corrected chi connectivity index (χ2v) is 6.09. The van der Waals surface area contributed by atoms with Crippen LogP contribution < -0.4 is 4.74 Å². The molecule has 0 radical (unpaired) electrons. The largest absolute Gasteiger partial charge is 0.480 e. The zero-order valence-electron chi connectivity index (χ0n) is 13.6. The van der Waals surface area contributed by atoms with Gasteiger partial charge in [0.05, 0.1) is 23.4 Å². The maximum atomic E-state index is 11.1. The Labute approximate surface area is 155 Å². The SMILES string of the molecule is COc1nc(-c2cccc(-c3ccnc(Cl)c3Cl)c2C)ccc1C=O. The Bertz CT molecular complexity index is 958. The predicted octanol–water partition coefficient (Wildman–Crippen LogP) is 5.25. The molecule has 0 unspecified atom stereocenters. The van der Waals surface area contributed by atoms with Crippen LogP contribution in [0.4, 0.5) is 0 Å². The number of carbonyl (C=O) groups is 1. The van der Waals surface area contributed by atoms with Gasteiger partial charge in [0.2, 0.25) is 5.88 Å². The fraction of sp³-hybridized carbons (Fsp3) is 0.105. The molecule has 126 valence electrons. The first kappa shape index (κ1) is 17.4. The van der Waals surface area contributed by atoms with Gasteiger partial charge in [-0.25, -0.2) is 9.97 Å². The molecule has 0 amide bonds. The van der Waals surface area contributed by atoms with Crippen LogP contribution >= 0.6 is 23.2 Å². The second kappa shape index (κ2) is 7.21. The third kappa shape index (κ3) is 3.23. The lowest BCUT2D eigenvalue weighted by atomic mass is 9.95. The first-order chi connectivity index (χ1) is 12.1. The van der Waals surface area contributed by atoms with Crippen LogP contribution in [-0.2, 0) is 0 Å². The normalized spacial score (nSPS) is 10.6. The summed E-state index contributed by atoms with van der Waals surface area (Å²) in [6.45, 7) is 1.98. The molecule has 0 atom stereocenters. The number of pyridine rings is 2. The maximum absolute atomic E-state index is 11.1. The van der Waals surface area contributed by atoms with Gasteiger partial charge in [0.1, 0.15) is 5.15 Å². The van der Waals surface area contributed by atoms with E-state index in [4.69, 9.17) is 27.9 Å². The summed E-state index contributed by atoms with van der Waals surface area (Å²) in [5.41, 5.74) is 4.75. The average Bonchev–Trinajstić information content (AvgIpc) is 2.64. The molecule has 0 aliphatic carbocycles. The van der Waals surface area contributed by atoms with Crippen molar-refractivity contribution in [2.45, 2.75) is 6.92 Å². The molecule has 0 saturated carbocycles. The lowest BCUT2D eigenvalue weighted by molar-refractivity contribution is 0.112. The Morgan fingerprint density at radius 2 is 1.80 bits per heavy atom. The first-order valence-electron chi connectivity index (χ1n) is 7.47. The molecule has 0 saturated heterocycles. The van der Waals surface area contributed by atoms with Crippen molar-refractivity contribution in [3.63, 3.8) is 0 Å². The lowest BCUT2D eigenvalue weighted by Crippen LogP contribution is -1.97. The quantitative estimate of drug-likeness (QED) is 0.463. The standard InChI is InChI=1S/C19H14Cl2N2O2/c1-11-13(15-8-9-22-18(21)17(15)20)4-3-5-14(11)16-7-6-12(10-24)19(23-16)25-2/h3-10H,1-2H3. The lowest BCUT2D eigenvalue weighted by Gasteiger charge is -2.13. The molecule has 3 rings (SSSR count). The summed E-state index contributed by atoms with van der Waals surface area (Å²) >= 11 is 12.4. The van der Waals surface area contributed by atoms with Crippen LogP contribution in [0, 0.1) is 6.92 Å². The predicted molar refractivity (Wildman–Crippen MR) is 99.6 cm³/mol. The van der Waals surface area contributed by atoms with Crippen LogP contribution in [-0.4, -0.2) is 23.4 Å². The minimum Gasteiger partial charge on any atom is -0.480 e. The third-order valence-corrected chi connectivity index (χ3v) is 4.72. The second-order valence-electron chi connectivity index (χ2n) is 5.35. The fourth-order valence-electron chi connectivity index (χ4n) is 2.69. The van der Waals surface area contributed by atoms with Crippen molar-refractivity contribution < 1.29 is 9.53 Å². The Kier molecular flexibility index (Phi) is 5.02. The molecule has 6 heteroatoms. The van der Waals surface area contributed by atoms with Gasteiger partial charge in [-0.15, -0.1) is 0 Å². The molecular weight excluding hydrogens is 359 g/mol. The number of methoxy groups -OCH3 is 1. The minimum atomic E-state index is 0.263. The van der Waals surface area contributed by atoms with Crippen molar-refractivity contribution >= 4 is 29.5 Å². The molecule has 0 bridgehead atoms. The summed E-state index contributed by atoms with van der Waals surface area (Å²) in [5, 5.41) is 0.672. The molecule has 0 aliphatic rings. The van der Waals surface area contributed by atoms with Crippen molar-refractivity contribution in [3.05, 3.63) is 63.9 Å². The number of hydrogen-bond acceptors (Lipinski definition) is 4. The van der Waals surface area contributed by atoms with Crippen molar-refractivity contribution in [1.29, 1.82) is 0 Å². The first-order valence-corrected chi connectivity index (χ1v) is 8.23. The molecule has 2 heterocycles. The number of aromatic nitrogens is 2. The summed E-state index contributed by atoms with van der Waals surface area (Å²) in [6.07, 6.45) is 2.34. The maximum Gasteiger partial charge on any atom is 0.224 e. The summed E-state index contributed by atoms with van der Waals surface area (Å²) in [4.78, 5) is 19.5. The van der Waals surface area contributed by atoms with E-state index in [0.717, 1.165) is 28.5 Å². The van der Waals surface area contributed by atoms with Crippen molar-refractivity contribution in [2.75, 3.05) is 7.11 Å². The summed E-state index contributed by atoms with van der Waals surface area (Å²) in [6, 6.07) is 11.1. The molecule has 3 aromatic rings. The number of rotatable bonds is 4. The molecule has 0 fully saturated rings. The fourth-order valence-corrected chi connectivity index (χ4v) is 3.06. The van der Waals surface area contributed by atoms with Crippen LogP contribution in [0.2, 0.25) is 10.2 Å². The van der Waals surface area contributed by atoms with Gasteiger partial charge in [-0.1, -0.05) is 41.4 Å².